The fourth-order valence-electron chi connectivity index (χ4n) is 6.86. The van der Waals surface area contributed by atoms with E-state index in [0.29, 0.717) is 16.8 Å². The summed E-state index contributed by atoms with van der Waals surface area (Å²) in [7, 11) is 0. The first-order valence-electron chi connectivity index (χ1n) is 13.4. The lowest BCUT2D eigenvalue weighted by Gasteiger charge is -2.37. The van der Waals surface area contributed by atoms with Gasteiger partial charge in [0.1, 0.15) is 11.5 Å². The molecule has 7 rings (SSSR count). The lowest BCUT2D eigenvalue weighted by molar-refractivity contribution is -0.384. The first-order chi connectivity index (χ1) is 20.3. The minimum absolute atomic E-state index is 0.106. The summed E-state index contributed by atoms with van der Waals surface area (Å²) in [6.45, 7) is 0. The number of para-hydroxylation sites is 2. The highest BCUT2D eigenvalue weighted by Crippen LogP contribution is 2.58. The summed E-state index contributed by atoms with van der Waals surface area (Å²) < 4.78 is 0.798. The summed E-state index contributed by atoms with van der Waals surface area (Å²) in [5.41, 5.74) is 1.31. The summed E-state index contributed by atoms with van der Waals surface area (Å²) in [6.07, 6.45) is 3.77. The van der Waals surface area contributed by atoms with Gasteiger partial charge in [0.05, 0.1) is 16.9 Å². The molecular formula is C33H22BrN3O5. The van der Waals surface area contributed by atoms with Gasteiger partial charge in [-0.25, -0.2) is 0 Å². The van der Waals surface area contributed by atoms with Gasteiger partial charge in [-0.05, 0) is 35.4 Å². The van der Waals surface area contributed by atoms with Crippen molar-refractivity contribution in [1.29, 1.82) is 0 Å². The van der Waals surface area contributed by atoms with Gasteiger partial charge in [-0.15, -0.1) is 0 Å². The molecule has 3 aliphatic heterocycles. The standard InChI is InChI=1S/C33H22BrN3O5/c34-22-15-12-20(13-16-22)30(39)31-33(24-9-2-3-10-25(24)35-32(33)40)28(29(38)21-7-5-8-23(18-21)37(41)42)27-17-14-19-6-1-4-11-26(19)36(27)31/h1-18,27-28,31H,(H,35,40)/t27-,28+,31-,33-/m0/s1. The van der Waals surface area contributed by atoms with Crippen LogP contribution in [-0.4, -0.2) is 34.5 Å². The minimum Gasteiger partial charge on any atom is -0.352 e. The third-order valence-corrected chi connectivity index (χ3v) is 9.08. The van der Waals surface area contributed by atoms with Crippen molar-refractivity contribution in [2.75, 3.05) is 10.2 Å². The molecule has 1 saturated heterocycles. The van der Waals surface area contributed by atoms with Crippen LogP contribution in [0.2, 0.25) is 0 Å². The predicted molar refractivity (Wildman–Crippen MR) is 162 cm³/mol. The van der Waals surface area contributed by atoms with Crippen LogP contribution in [0.15, 0.2) is 108 Å². The molecule has 206 valence electrons. The number of hydrogen-bond donors (Lipinski definition) is 1. The average Bonchev–Trinajstić information content (AvgIpc) is 3.48. The largest absolute Gasteiger partial charge is 0.352 e. The Balaban J connectivity index is 1.53. The molecule has 3 heterocycles. The first-order valence-corrected chi connectivity index (χ1v) is 14.2. The molecule has 4 aromatic rings. The van der Waals surface area contributed by atoms with Crippen LogP contribution in [0.1, 0.15) is 31.8 Å². The molecular weight excluding hydrogens is 598 g/mol. The maximum atomic E-state index is 14.7. The van der Waals surface area contributed by atoms with Crippen molar-refractivity contribution in [3.63, 3.8) is 0 Å². The Morgan fingerprint density at radius 1 is 0.881 bits per heavy atom. The van der Waals surface area contributed by atoms with E-state index >= 15 is 0 Å². The van der Waals surface area contributed by atoms with Crippen LogP contribution in [0.25, 0.3) is 6.08 Å². The summed E-state index contributed by atoms with van der Waals surface area (Å²) in [6, 6.07) is 25.4. The molecule has 42 heavy (non-hydrogen) atoms. The van der Waals surface area contributed by atoms with Gasteiger partial charge < -0.3 is 10.2 Å². The third-order valence-electron chi connectivity index (χ3n) is 8.55. The van der Waals surface area contributed by atoms with E-state index in [1.54, 1.807) is 48.5 Å². The number of hydrogen-bond acceptors (Lipinski definition) is 6. The second-order valence-corrected chi connectivity index (χ2v) is 11.5. The molecule has 4 aromatic carbocycles. The van der Waals surface area contributed by atoms with Crippen LogP contribution >= 0.6 is 15.9 Å². The third kappa shape index (κ3) is 3.63. The number of nitro benzene ring substituents is 1. The van der Waals surface area contributed by atoms with Gasteiger partial charge in [0.2, 0.25) is 5.91 Å². The maximum Gasteiger partial charge on any atom is 0.270 e. The molecule has 1 spiro atoms. The lowest BCUT2D eigenvalue weighted by atomic mass is 9.63. The summed E-state index contributed by atoms with van der Waals surface area (Å²) in [5.74, 6) is -2.28. The van der Waals surface area contributed by atoms with Crippen molar-refractivity contribution in [1.82, 2.24) is 0 Å². The number of amides is 1. The van der Waals surface area contributed by atoms with Gasteiger partial charge in [-0.3, -0.25) is 24.5 Å². The summed E-state index contributed by atoms with van der Waals surface area (Å²) in [5, 5.41) is 14.6. The monoisotopic (exact) mass is 619 g/mol. The zero-order chi connectivity index (χ0) is 29.2. The molecule has 0 aliphatic carbocycles. The van der Waals surface area contributed by atoms with Crippen LogP contribution in [0, 0.1) is 16.0 Å². The van der Waals surface area contributed by atoms with E-state index in [1.807, 2.05) is 41.3 Å². The Kier molecular flexibility index (Phi) is 5.95. The number of rotatable bonds is 5. The van der Waals surface area contributed by atoms with E-state index in [9.17, 15) is 24.5 Å². The highest BCUT2D eigenvalue weighted by atomic mass is 79.9. The Morgan fingerprint density at radius 3 is 2.40 bits per heavy atom. The number of anilines is 2. The molecule has 8 nitrogen and oxygen atoms in total. The smallest absolute Gasteiger partial charge is 0.270 e. The molecule has 0 radical (unpaired) electrons. The van der Waals surface area contributed by atoms with Crippen molar-refractivity contribution >= 4 is 56.5 Å². The quantitative estimate of drug-likeness (QED) is 0.161. The number of fused-ring (bicyclic) bond motifs is 5. The normalized spacial score (nSPS) is 23.2. The summed E-state index contributed by atoms with van der Waals surface area (Å²) >= 11 is 3.43. The van der Waals surface area contributed by atoms with E-state index in [-0.39, 0.29) is 17.0 Å². The number of nitro groups is 1. The fourth-order valence-corrected chi connectivity index (χ4v) is 7.13. The van der Waals surface area contributed by atoms with Crippen molar-refractivity contribution in [3.05, 3.63) is 140 Å². The lowest BCUT2D eigenvalue weighted by Crippen LogP contribution is -2.55. The number of ketones is 2. The Morgan fingerprint density at radius 2 is 1.62 bits per heavy atom. The minimum atomic E-state index is -1.63. The number of carbonyl (C=O) groups is 3. The number of halogens is 1. The molecule has 0 bridgehead atoms. The summed E-state index contributed by atoms with van der Waals surface area (Å²) in [4.78, 5) is 56.8. The van der Waals surface area contributed by atoms with Crippen LogP contribution in [0.4, 0.5) is 17.1 Å². The average molecular weight is 620 g/mol. The Labute approximate surface area is 248 Å². The molecule has 1 N–H and O–H groups in total. The van der Waals surface area contributed by atoms with Gasteiger partial charge >= 0.3 is 0 Å². The number of benzene rings is 4. The van der Waals surface area contributed by atoms with Crippen LogP contribution < -0.4 is 10.2 Å². The molecule has 1 fully saturated rings. The van der Waals surface area contributed by atoms with Crippen molar-refractivity contribution in [3.8, 4) is 0 Å². The maximum absolute atomic E-state index is 14.7. The van der Waals surface area contributed by atoms with E-state index < -0.39 is 40.0 Å². The zero-order valence-corrected chi connectivity index (χ0v) is 23.5. The molecule has 9 heteroatoms. The Hall–Kier alpha value is -4.89. The number of nitrogens with zero attached hydrogens (tertiary/aromatic N) is 2. The Bertz CT molecular complexity index is 1850. The van der Waals surface area contributed by atoms with Gasteiger partial charge in [0, 0.05) is 39.1 Å². The molecule has 0 saturated carbocycles. The van der Waals surface area contributed by atoms with Crippen LogP contribution in [0.3, 0.4) is 0 Å². The molecule has 4 atom stereocenters. The van der Waals surface area contributed by atoms with Crippen molar-refractivity contribution in [2.45, 2.75) is 17.5 Å². The van der Waals surface area contributed by atoms with Gasteiger partial charge in [0.25, 0.3) is 5.69 Å². The SMILES string of the molecule is O=C(c1ccc(Br)cc1)[C@@H]1N2c3ccccc3C=C[C@H]2[C@H](C(=O)c2cccc([N+](=O)[O-])c2)[C@]12C(=O)Nc1ccccc12. The number of Topliss-reactive ketones (excluding diaryl/α,β-unsaturated/α-hetero) is 2. The first kappa shape index (κ1) is 26.0. The van der Waals surface area contributed by atoms with Gasteiger partial charge in [0.15, 0.2) is 11.6 Å². The fraction of sp³-hybridized carbons (Fsp3) is 0.121. The van der Waals surface area contributed by atoms with E-state index in [1.165, 1.54) is 24.3 Å². The second kappa shape index (κ2) is 9.60. The van der Waals surface area contributed by atoms with Crippen LogP contribution in [-0.2, 0) is 10.2 Å². The topological polar surface area (TPSA) is 110 Å². The molecule has 0 unspecified atom stereocenters. The van der Waals surface area contributed by atoms with Gasteiger partial charge in [-0.2, -0.15) is 0 Å². The van der Waals surface area contributed by atoms with Crippen LogP contribution in [0.5, 0.6) is 0 Å². The van der Waals surface area contributed by atoms with E-state index in [4.69, 9.17) is 0 Å². The number of carbonyl (C=O) groups excluding carboxylic acids is 3. The van der Waals surface area contributed by atoms with Crippen molar-refractivity contribution < 1.29 is 19.3 Å². The molecule has 1 amide bonds. The number of non-ortho nitro benzene ring substituents is 1. The highest BCUT2D eigenvalue weighted by Gasteiger charge is 2.71. The molecule has 3 aliphatic rings. The van der Waals surface area contributed by atoms with Crippen molar-refractivity contribution in [2.24, 2.45) is 5.92 Å². The van der Waals surface area contributed by atoms with E-state index in [0.717, 1.165) is 15.7 Å². The van der Waals surface area contributed by atoms with E-state index in [2.05, 4.69) is 21.2 Å². The van der Waals surface area contributed by atoms with Gasteiger partial charge in [-0.1, -0.05) is 88.7 Å². The zero-order valence-electron chi connectivity index (χ0n) is 21.9. The second-order valence-electron chi connectivity index (χ2n) is 10.6. The number of nitrogens with one attached hydrogen (secondary N) is 1. The molecule has 0 aromatic heterocycles. The predicted octanol–water partition coefficient (Wildman–Crippen LogP) is 6.21. The highest BCUT2D eigenvalue weighted by molar-refractivity contribution is 9.10.